The summed E-state index contributed by atoms with van der Waals surface area (Å²) >= 11 is 0. The van der Waals surface area contributed by atoms with Crippen molar-refractivity contribution in [2.45, 2.75) is 6.42 Å². The van der Waals surface area contributed by atoms with E-state index in [1.165, 1.54) is 0 Å². The van der Waals surface area contributed by atoms with E-state index in [0.29, 0.717) is 22.4 Å². The summed E-state index contributed by atoms with van der Waals surface area (Å²) in [6.45, 7) is 0. The molecule has 0 unspecified atom stereocenters. The van der Waals surface area contributed by atoms with Crippen molar-refractivity contribution in [2.75, 3.05) is 7.11 Å². The predicted octanol–water partition coefficient (Wildman–Crippen LogP) is 3.71. The Hall–Kier alpha value is -3.14. The first-order chi connectivity index (χ1) is 11.6. The Morgan fingerprint density at radius 1 is 1.00 bits per heavy atom. The number of carbonyl (C=O) groups is 2. The quantitative estimate of drug-likeness (QED) is 0.728. The summed E-state index contributed by atoms with van der Waals surface area (Å²) in [6.07, 6.45) is -0.224. The molecule has 0 saturated carbocycles. The van der Waals surface area contributed by atoms with Crippen molar-refractivity contribution in [1.82, 2.24) is 0 Å². The normalized spacial score (nSPS) is 10.5. The number of aliphatic carboxylic acids is 1. The highest BCUT2D eigenvalue weighted by atomic mass is 16.5. The maximum absolute atomic E-state index is 12.8. The number of carboxylic acids is 1. The smallest absolute Gasteiger partial charge is 0.307 e. The van der Waals surface area contributed by atoms with E-state index in [1.807, 2.05) is 24.3 Å². The maximum Gasteiger partial charge on any atom is 0.307 e. The summed E-state index contributed by atoms with van der Waals surface area (Å²) in [7, 11) is 1.55. The van der Waals surface area contributed by atoms with Gasteiger partial charge in [0.2, 0.25) is 0 Å². The van der Waals surface area contributed by atoms with E-state index in [1.54, 1.807) is 43.5 Å². The molecule has 24 heavy (non-hydrogen) atoms. The van der Waals surface area contributed by atoms with Crippen molar-refractivity contribution >= 4 is 22.5 Å². The van der Waals surface area contributed by atoms with E-state index in [9.17, 15) is 14.7 Å². The van der Waals surface area contributed by atoms with Crippen molar-refractivity contribution in [3.05, 3.63) is 77.4 Å². The van der Waals surface area contributed by atoms with Gasteiger partial charge in [-0.1, -0.05) is 48.5 Å². The van der Waals surface area contributed by atoms with Gasteiger partial charge in [0.05, 0.1) is 13.5 Å². The van der Waals surface area contributed by atoms with Crippen molar-refractivity contribution in [3.63, 3.8) is 0 Å². The lowest BCUT2D eigenvalue weighted by molar-refractivity contribution is -0.136. The van der Waals surface area contributed by atoms with Crippen LogP contribution in [-0.4, -0.2) is 24.0 Å². The largest absolute Gasteiger partial charge is 0.497 e. The lowest BCUT2D eigenvalue weighted by Gasteiger charge is -2.12. The molecule has 0 aliphatic heterocycles. The highest BCUT2D eigenvalue weighted by Crippen LogP contribution is 2.28. The molecule has 3 aromatic rings. The summed E-state index contributed by atoms with van der Waals surface area (Å²) in [4.78, 5) is 24.2. The van der Waals surface area contributed by atoms with E-state index in [2.05, 4.69) is 0 Å². The van der Waals surface area contributed by atoms with Gasteiger partial charge in [-0.15, -0.1) is 0 Å². The summed E-state index contributed by atoms with van der Waals surface area (Å²) in [5, 5.41) is 10.9. The Morgan fingerprint density at radius 2 is 1.71 bits per heavy atom. The van der Waals surface area contributed by atoms with Crippen LogP contribution >= 0.6 is 0 Å². The third-order valence-corrected chi connectivity index (χ3v) is 3.95. The number of benzene rings is 3. The molecule has 0 fully saturated rings. The molecule has 0 atom stereocenters. The molecule has 4 nitrogen and oxygen atoms in total. The van der Waals surface area contributed by atoms with Crippen molar-refractivity contribution in [3.8, 4) is 5.75 Å². The number of carbonyl (C=O) groups excluding carboxylic acids is 1. The second-order valence-corrected chi connectivity index (χ2v) is 5.44. The number of ketones is 1. The van der Waals surface area contributed by atoms with Crippen LogP contribution in [0, 0.1) is 0 Å². The van der Waals surface area contributed by atoms with E-state index in [-0.39, 0.29) is 12.2 Å². The van der Waals surface area contributed by atoms with Crippen LogP contribution in [0.4, 0.5) is 0 Å². The zero-order valence-corrected chi connectivity index (χ0v) is 13.2. The number of rotatable bonds is 5. The van der Waals surface area contributed by atoms with Crippen molar-refractivity contribution in [2.24, 2.45) is 0 Å². The van der Waals surface area contributed by atoms with Crippen LogP contribution < -0.4 is 4.74 Å². The molecule has 0 radical (unpaired) electrons. The Morgan fingerprint density at radius 3 is 2.38 bits per heavy atom. The van der Waals surface area contributed by atoms with Crippen molar-refractivity contribution < 1.29 is 19.4 Å². The average molecular weight is 320 g/mol. The molecular weight excluding hydrogens is 304 g/mol. The standard InChI is InChI=1S/C20H16O4/c1-24-15-9-7-13-8-10-16(18(12-19(21)22)17(13)11-15)20(23)14-5-3-2-4-6-14/h2-11H,12H2,1H3,(H,21,22). The second-order valence-electron chi connectivity index (χ2n) is 5.44. The maximum atomic E-state index is 12.8. The Bertz CT molecular complexity index is 914. The molecular formula is C20H16O4. The molecule has 0 heterocycles. The minimum atomic E-state index is -0.979. The molecule has 0 amide bonds. The third-order valence-electron chi connectivity index (χ3n) is 3.95. The van der Waals surface area contributed by atoms with Gasteiger partial charge in [0, 0.05) is 11.1 Å². The van der Waals surface area contributed by atoms with Crippen LogP contribution in [0.2, 0.25) is 0 Å². The molecule has 4 heteroatoms. The lowest BCUT2D eigenvalue weighted by atomic mass is 9.91. The number of ether oxygens (including phenoxy) is 1. The van der Waals surface area contributed by atoms with Gasteiger partial charge in [-0.05, 0) is 28.5 Å². The van der Waals surface area contributed by atoms with Crippen LogP contribution in [0.15, 0.2) is 60.7 Å². The molecule has 0 spiro atoms. The molecule has 0 aromatic heterocycles. The zero-order valence-electron chi connectivity index (χ0n) is 13.2. The fourth-order valence-electron chi connectivity index (χ4n) is 2.79. The topological polar surface area (TPSA) is 63.6 Å². The Balaban J connectivity index is 2.23. The first-order valence-electron chi connectivity index (χ1n) is 7.51. The third kappa shape index (κ3) is 2.99. The highest BCUT2D eigenvalue weighted by Gasteiger charge is 2.18. The van der Waals surface area contributed by atoms with Gasteiger partial charge in [0.1, 0.15) is 5.75 Å². The van der Waals surface area contributed by atoms with Crippen molar-refractivity contribution in [1.29, 1.82) is 0 Å². The van der Waals surface area contributed by atoms with Gasteiger partial charge < -0.3 is 9.84 Å². The van der Waals surface area contributed by atoms with E-state index < -0.39 is 5.97 Å². The zero-order chi connectivity index (χ0) is 17.1. The number of fused-ring (bicyclic) bond motifs is 1. The minimum Gasteiger partial charge on any atom is -0.497 e. The Labute approximate surface area is 139 Å². The molecule has 0 aliphatic carbocycles. The summed E-state index contributed by atoms with van der Waals surface area (Å²) in [5.74, 6) is -0.539. The van der Waals surface area contributed by atoms with Gasteiger partial charge in [0.25, 0.3) is 0 Å². The number of hydrogen-bond donors (Lipinski definition) is 1. The first-order valence-corrected chi connectivity index (χ1v) is 7.51. The van der Waals surface area contributed by atoms with E-state index in [0.717, 1.165) is 10.8 Å². The highest BCUT2D eigenvalue weighted by molar-refractivity contribution is 6.13. The van der Waals surface area contributed by atoms with Crippen LogP contribution in [0.5, 0.6) is 5.75 Å². The monoisotopic (exact) mass is 320 g/mol. The summed E-state index contributed by atoms with van der Waals surface area (Å²) in [5.41, 5.74) is 1.45. The molecule has 3 aromatic carbocycles. The van der Waals surface area contributed by atoms with E-state index in [4.69, 9.17) is 4.74 Å². The van der Waals surface area contributed by atoms with Gasteiger partial charge >= 0.3 is 5.97 Å². The van der Waals surface area contributed by atoms with Gasteiger partial charge in [0.15, 0.2) is 5.78 Å². The fraction of sp³-hybridized carbons (Fsp3) is 0.100. The van der Waals surface area contributed by atoms with E-state index >= 15 is 0 Å². The second kappa shape index (κ2) is 6.54. The van der Waals surface area contributed by atoms with Crippen LogP contribution in [0.1, 0.15) is 21.5 Å². The van der Waals surface area contributed by atoms with Gasteiger partial charge in [-0.2, -0.15) is 0 Å². The minimum absolute atomic E-state index is 0.184. The lowest BCUT2D eigenvalue weighted by Crippen LogP contribution is -2.10. The molecule has 120 valence electrons. The SMILES string of the molecule is COc1ccc2ccc(C(=O)c3ccccc3)c(CC(=O)O)c2c1. The summed E-state index contributed by atoms with van der Waals surface area (Å²) < 4.78 is 5.23. The summed E-state index contributed by atoms with van der Waals surface area (Å²) in [6, 6.07) is 17.8. The van der Waals surface area contributed by atoms with Crippen LogP contribution in [-0.2, 0) is 11.2 Å². The number of hydrogen-bond acceptors (Lipinski definition) is 3. The predicted molar refractivity (Wildman–Crippen MR) is 91.7 cm³/mol. The fourth-order valence-corrected chi connectivity index (χ4v) is 2.79. The first kappa shape index (κ1) is 15.7. The molecule has 0 saturated heterocycles. The van der Waals surface area contributed by atoms with Crippen LogP contribution in [0.25, 0.3) is 10.8 Å². The molecule has 1 N–H and O–H groups in total. The van der Waals surface area contributed by atoms with Gasteiger partial charge in [-0.3, -0.25) is 9.59 Å². The Kier molecular flexibility index (Phi) is 4.29. The molecule has 0 aliphatic rings. The number of methoxy groups -OCH3 is 1. The molecule has 0 bridgehead atoms. The number of carboxylic acid groups (broad SMARTS) is 1. The molecule has 3 rings (SSSR count). The average Bonchev–Trinajstić information content (AvgIpc) is 2.61. The van der Waals surface area contributed by atoms with Gasteiger partial charge in [-0.25, -0.2) is 0 Å². The van der Waals surface area contributed by atoms with Crippen LogP contribution in [0.3, 0.4) is 0 Å².